The Morgan fingerprint density at radius 2 is 1.96 bits per heavy atom. The predicted octanol–water partition coefficient (Wildman–Crippen LogP) is 4.70. The smallest absolute Gasteiger partial charge is 0.233 e. The van der Waals surface area contributed by atoms with Gasteiger partial charge < -0.3 is 5.32 Å². The lowest BCUT2D eigenvalue weighted by atomic mass is 10.1. The van der Waals surface area contributed by atoms with Crippen LogP contribution in [0.25, 0.3) is 10.7 Å². The summed E-state index contributed by atoms with van der Waals surface area (Å²) < 4.78 is 2.21. The predicted molar refractivity (Wildman–Crippen MR) is 110 cm³/mol. The van der Waals surface area contributed by atoms with E-state index in [0.29, 0.717) is 6.04 Å². The average molecular weight is 399 g/mol. The summed E-state index contributed by atoms with van der Waals surface area (Å²) in [5.74, 6) is 0.930. The first kappa shape index (κ1) is 18.3. The van der Waals surface area contributed by atoms with Crippen molar-refractivity contribution < 1.29 is 4.79 Å². The van der Waals surface area contributed by atoms with Crippen LogP contribution in [0, 0.1) is 0 Å². The highest BCUT2D eigenvalue weighted by Crippen LogP contribution is 2.42. The van der Waals surface area contributed by atoms with Gasteiger partial charge in [-0.15, -0.1) is 21.5 Å². The Kier molecular flexibility index (Phi) is 5.31. The van der Waals surface area contributed by atoms with E-state index in [-0.39, 0.29) is 17.2 Å². The van der Waals surface area contributed by atoms with Gasteiger partial charge in [0, 0.05) is 6.04 Å². The molecule has 7 heteroatoms. The van der Waals surface area contributed by atoms with Crippen LogP contribution >= 0.6 is 23.1 Å². The quantitative estimate of drug-likeness (QED) is 0.586. The van der Waals surface area contributed by atoms with Crippen LogP contribution in [0.3, 0.4) is 0 Å². The molecule has 140 valence electrons. The zero-order chi connectivity index (χ0) is 18.8. The monoisotopic (exact) mass is 398 g/mol. The van der Waals surface area contributed by atoms with Gasteiger partial charge in [-0.1, -0.05) is 48.2 Å². The van der Waals surface area contributed by atoms with Crippen LogP contribution in [0.2, 0.25) is 0 Å². The molecule has 0 radical (unpaired) electrons. The van der Waals surface area contributed by atoms with Crippen LogP contribution in [0.5, 0.6) is 0 Å². The van der Waals surface area contributed by atoms with Gasteiger partial charge in [0.1, 0.15) is 0 Å². The van der Waals surface area contributed by atoms with E-state index in [1.165, 1.54) is 11.8 Å². The van der Waals surface area contributed by atoms with Gasteiger partial charge in [-0.3, -0.25) is 9.36 Å². The third kappa shape index (κ3) is 4.09. The standard InChI is InChI=1S/C20H22N4OS2/c1-13(15-7-4-3-5-8-15)21-19(25)14(2)27-20-23-22-18(17-9-6-12-26-17)24(20)16-10-11-16/h3-9,12-14,16H,10-11H2,1-2H3,(H,21,25)/t13-,14-/m1/s1. The molecule has 1 fully saturated rings. The summed E-state index contributed by atoms with van der Waals surface area (Å²) in [6, 6.07) is 14.5. The number of aromatic nitrogens is 3. The number of thiophene rings is 1. The zero-order valence-corrected chi connectivity index (χ0v) is 17.0. The molecular weight excluding hydrogens is 376 g/mol. The highest BCUT2D eigenvalue weighted by atomic mass is 32.2. The number of hydrogen-bond donors (Lipinski definition) is 1. The Bertz CT molecular complexity index is 903. The van der Waals surface area contributed by atoms with Crippen molar-refractivity contribution in [3.05, 3.63) is 53.4 Å². The number of carbonyl (C=O) groups excluding carboxylic acids is 1. The third-order valence-electron chi connectivity index (χ3n) is 4.63. The molecule has 27 heavy (non-hydrogen) atoms. The lowest BCUT2D eigenvalue weighted by Gasteiger charge is -2.18. The van der Waals surface area contributed by atoms with E-state index < -0.39 is 0 Å². The lowest BCUT2D eigenvalue weighted by molar-refractivity contribution is -0.120. The van der Waals surface area contributed by atoms with E-state index in [1.807, 2.05) is 50.2 Å². The SMILES string of the molecule is C[C@@H](Sc1nnc(-c2cccs2)n1C1CC1)C(=O)N[C@H](C)c1ccccc1. The fourth-order valence-corrected chi connectivity index (χ4v) is 4.59. The van der Waals surface area contributed by atoms with Crippen molar-refractivity contribution in [2.45, 2.75) is 49.2 Å². The minimum atomic E-state index is -0.242. The van der Waals surface area contributed by atoms with Gasteiger partial charge in [0.05, 0.1) is 16.2 Å². The van der Waals surface area contributed by atoms with Gasteiger partial charge in [-0.05, 0) is 43.7 Å². The maximum Gasteiger partial charge on any atom is 0.233 e. The van der Waals surface area contributed by atoms with Gasteiger partial charge in [0.2, 0.25) is 5.91 Å². The molecular formula is C20H22N4OS2. The van der Waals surface area contributed by atoms with E-state index in [0.717, 1.165) is 34.3 Å². The second-order valence-corrected chi connectivity index (χ2v) is 9.04. The normalized spacial score (nSPS) is 16.1. The molecule has 1 aliphatic carbocycles. The summed E-state index contributed by atoms with van der Waals surface area (Å²) in [5.41, 5.74) is 1.10. The highest BCUT2D eigenvalue weighted by Gasteiger charge is 2.32. The van der Waals surface area contributed by atoms with E-state index in [4.69, 9.17) is 0 Å². The maximum atomic E-state index is 12.7. The van der Waals surface area contributed by atoms with Crippen molar-refractivity contribution in [3.8, 4) is 10.7 Å². The Morgan fingerprint density at radius 3 is 2.63 bits per heavy atom. The van der Waals surface area contributed by atoms with Crippen LogP contribution in [0.15, 0.2) is 53.0 Å². The lowest BCUT2D eigenvalue weighted by Crippen LogP contribution is -2.33. The van der Waals surface area contributed by atoms with Crippen molar-refractivity contribution in [1.29, 1.82) is 0 Å². The van der Waals surface area contributed by atoms with Gasteiger partial charge in [0.25, 0.3) is 0 Å². The number of nitrogens with one attached hydrogen (secondary N) is 1. The molecule has 0 spiro atoms. The molecule has 4 rings (SSSR count). The molecule has 1 saturated carbocycles. The molecule has 0 saturated heterocycles. The Hall–Kier alpha value is -2.12. The molecule has 1 aliphatic rings. The van der Waals surface area contributed by atoms with Crippen LogP contribution < -0.4 is 5.32 Å². The first-order valence-electron chi connectivity index (χ1n) is 9.14. The molecule has 0 aliphatic heterocycles. The second kappa shape index (κ2) is 7.86. The number of hydrogen-bond acceptors (Lipinski definition) is 5. The van der Waals surface area contributed by atoms with Gasteiger partial charge in [0.15, 0.2) is 11.0 Å². The third-order valence-corrected chi connectivity index (χ3v) is 6.55. The summed E-state index contributed by atoms with van der Waals surface area (Å²) in [5, 5.41) is 14.5. The largest absolute Gasteiger partial charge is 0.349 e. The van der Waals surface area contributed by atoms with Crippen molar-refractivity contribution in [3.63, 3.8) is 0 Å². The summed E-state index contributed by atoms with van der Waals surface area (Å²) in [6.07, 6.45) is 2.30. The van der Waals surface area contributed by atoms with Crippen LogP contribution in [0.4, 0.5) is 0 Å². The number of carbonyl (C=O) groups is 1. The van der Waals surface area contributed by atoms with E-state index in [2.05, 4.69) is 31.5 Å². The molecule has 2 aromatic heterocycles. The molecule has 2 atom stereocenters. The number of amides is 1. The van der Waals surface area contributed by atoms with E-state index in [1.54, 1.807) is 11.3 Å². The summed E-state index contributed by atoms with van der Waals surface area (Å²) in [7, 11) is 0. The molecule has 3 aromatic rings. The number of thioether (sulfide) groups is 1. The van der Waals surface area contributed by atoms with Crippen LogP contribution in [-0.2, 0) is 4.79 Å². The molecule has 5 nitrogen and oxygen atoms in total. The minimum absolute atomic E-state index is 0.0133. The second-order valence-electron chi connectivity index (χ2n) is 6.79. The number of nitrogens with zero attached hydrogens (tertiary/aromatic N) is 3. The van der Waals surface area contributed by atoms with E-state index in [9.17, 15) is 4.79 Å². The summed E-state index contributed by atoms with van der Waals surface area (Å²) in [6.45, 7) is 3.93. The molecule has 0 bridgehead atoms. The van der Waals surface area contributed by atoms with E-state index >= 15 is 0 Å². The Labute approximate surface area is 167 Å². The average Bonchev–Trinajstić information content (AvgIpc) is 3.20. The molecule has 1 N–H and O–H groups in total. The minimum Gasteiger partial charge on any atom is -0.349 e. The van der Waals surface area contributed by atoms with Crippen molar-refractivity contribution in [2.24, 2.45) is 0 Å². The number of rotatable bonds is 7. The van der Waals surface area contributed by atoms with Gasteiger partial charge >= 0.3 is 0 Å². The van der Waals surface area contributed by atoms with Gasteiger partial charge in [-0.25, -0.2) is 0 Å². The fraction of sp³-hybridized carbons (Fsp3) is 0.350. The first-order valence-corrected chi connectivity index (χ1v) is 10.9. The molecule has 1 aromatic carbocycles. The zero-order valence-electron chi connectivity index (χ0n) is 15.3. The Balaban J connectivity index is 1.46. The first-order chi connectivity index (χ1) is 13.1. The van der Waals surface area contributed by atoms with Crippen molar-refractivity contribution in [1.82, 2.24) is 20.1 Å². The molecule has 1 amide bonds. The summed E-state index contributed by atoms with van der Waals surface area (Å²) in [4.78, 5) is 13.8. The Morgan fingerprint density at radius 1 is 1.19 bits per heavy atom. The molecule has 2 heterocycles. The van der Waals surface area contributed by atoms with Crippen molar-refractivity contribution >= 4 is 29.0 Å². The topological polar surface area (TPSA) is 59.8 Å². The van der Waals surface area contributed by atoms with Crippen LogP contribution in [0.1, 0.15) is 44.3 Å². The summed E-state index contributed by atoms with van der Waals surface area (Å²) >= 11 is 3.15. The fourth-order valence-electron chi connectivity index (χ4n) is 2.96. The highest BCUT2D eigenvalue weighted by molar-refractivity contribution is 8.00. The van der Waals surface area contributed by atoms with Gasteiger partial charge in [-0.2, -0.15) is 0 Å². The molecule has 0 unspecified atom stereocenters. The van der Waals surface area contributed by atoms with Crippen LogP contribution in [-0.4, -0.2) is 25.9 Å². The van der Waals surface area contributed by atoms with Crippen molar-refractivity contribution in [2.75, 3.05) is 0 Å². The number of benzene rings is 1. The maximum absolute atomic E-state index is 12.7.